The number of amides is 2. The summed E-state index contributed by atoms with van der Waals surface area (Å²) in [6.45, 7) is 8.83. The number of nitrogens with zero attached hydrogens (tertiary/aromatic N) is 2. The lowest BCUT2D eigenvalue weighted by Crippen LogP contribution is -2.48. The first-order valence-electron chi connectivity index (χ1n) is 10.4. The molecule has 1 N–H and O–H groups in total. The quantitative estimate of drug-likeness (QED) is 0.866. The van der Waals surface area contributed by atoms with Crippen LogP contribution in [0, 0.1) is 11.8 Å². The van der Waals surface area contributed by atoms with Gasteiger partial charge in [0, 0.05) is 37.2 Å². The molecule has 1 aromatic rings. The van der Waals surface area contributed by atoms with E-state index in [4.69, 9.17) is 0 Å². The summed E-state index contributed by atoms with van der Waals surface area (Å²) in [5.74, 6) is 1.08. The number of nitrogens with one attached hydrogen (secondary N) is 1. The van der Waals surface area contributed by atoms with Crippen molar-refractivity contribution in [1.82, 2.24) is 15.1 Å². The fourth-order valence-electron chi connectivity index (χ4n) is 4.10. The largest absolute Gasteiger partial charge is 0.354 e. The average molecular weight is 372 g/mol. The van der Waals surface area contributed by atoms with Crippen LogP contribution in [-0.4, -0.2) is 60.4 Å². The smallest absolute Gasteiger partial charge is 0.253 e. The van der Waals surface area contributed by atoms with Crippen LogP contribution in [-0.2, 0) is 4.79 Å². The lowest BCUT2D eigenvalue weighted by Gasteiger charge is -2.35. The first-order chi connectivity index (χ1) is 13.0. The maximum Gasteiger partial charge on any atom is 0.253 e. The SMILES string of the molecule is CC1CCN(C(C)CNC(=O)C2CCN(C(=O)c3ccccc3)CC2)CC1. The van der Waals surface area contributed by atoms with Crippen molar-refractivity contribution in [2.45, 2.75) is 45.6 Å². The van der Waals surface area contributed by atoms with E-state index in [0.717, 1.165) is 44.0 Å². The van der Waals surface area contributed by atoms with Crippen LogP contribution in [0.3, 0.4) is 0 Å². The number of piperidine rings is 2. The fraction of sp³-hybridized carbons (Fsp3) is 0.636. The van der Waals surface area contributed by atoms with Gasteiger partial charge in [-0.05, 0) is 63.7 Å². The summed E-state index contributed by atoms with van der Waals surface area (Å²) in [6, 6.07) is 9.78. The highest BCUT2D eigenvalue weighted by molar-refractivity contribution is 5.94. The Morgan fingerprint density at radius 1 is 1.04 bits per heavy atom. The molecule has 0 aliphatic carbocycles. The average Bonchev–Trinajstić information content (AvgIpc) is 2.72. The van der Waals surface area contributed by atoms with Crippen LogP contribution in [0.25, 0.3) is 0 Å². The maximum atomic E-state index is 12.6. The molecule has 2 amide bonds. The summed E-state index contributed by atoms with van der Waals surface area (Å²) in [5, 5.41) is 3.15. The third-order valence-corrected chi connectivity index (χ3v) is 6.19. The van der Waals surface area contributed by atoms with Gasteiger partial charge in [0.05, 0.1) is 0 Å². The van der Waals surface area contributed by atoms with E-state index in [9.17, 15) is 9.59 Å². The normalized spacial score (nSPS) is 21.0. The predicted molar refractivity (Wildman–Crippen MR) is 108 cm³/mol. The highest BCUT2D eigenvalue weighted by atomic mass is 16.2. The zero-order chi connectivity index (χ0) is 19.2. The van der Waals surface area contributed by atoms with Crippen LogP contribution in [0.4, 0.5) is 0 Å². The standard InChI is InChI=1S/C22H33N3O2/c1-17-8-12-24(13-9-17)18(2)16-23-21(26)19-10-14-25(15-11-19)22(27)20-6-4-3-5-7-20/h3-7,17-19H,8-16H2,1-2H3,(H,23,26). The maximum absolute atomic E-state index is 12.6. The van der Waals surface area contributed by atoms with E-state index in [0.29, 0.717) is 19.1 Å². The molecule has 2 heterocycles. The lowest BCUT2D eigenvalue weighted by molar-refractivity contribution is -0.126. The van der Waals surface area contributed by atoms with Gasteiger partial charge in [-0.3, -0.25) is 14.5 Å². The van der Waals surface area contributed by atoms with Crippen LogP contribution in [0.2, 0.25) is 0 Å². The van der Waals surface area contributed by atoms with Gasteiger partial charge < -0.3 is 10.2 Å². The molecule has 1 atom stereocenters. The van der Waals surface area contributed by atoms with Crippen molar-refractivity contribution in [2.24, 2.45) is 11.8 Å². The van der Waals surface area contributed by atoms with Gasteiger partial charge in [-0.25, -0.2) is 0 Å². The van der Waals surface area contributed by atoms with Crippen LogP contribution in [0.5, 0.6) is 0 Å². The molecule has 1 aromatic carbocycles. The molecule has 3 rings (SSSR count). The number of rotatable bonds is 5. The van der Waals surface area contributed by atoms with Gasteiger partial charge in [0.1, 0.15) is 0 Å². The van der Waals surface area contributed by atoms with Crippen LogP contribution >= 0.6 is 0 Å². The van der Waals surface area contributed by atoms with E-state index >= 15 is 0 Å². The molecule has 5 nitrogen and oxygen atoms in total. The van der Waals surface area contributed by atoms with E-state index < -0.39 is 0 Å². The number of likely N-dealkylation sites (tertiary alicyclic amines) is 2. The third-order valence-electron chi connectivity index (χ3n) is 6.19. The summed E-state index contributed by atoms with van der Waals surface area (Å²) in [6.07, 6.45) is 4.01. The first-order valence-corrected chi connectivity index (χ1v) is 10.4. The van der Waals surface area contributed by atoms with Crippen molar-refractivity contribution in [1.29, 1.82) is 0 Å². The predicted octanol–water partition coefficient (Wildman–Crippen LogP) is 2.78. The van der Waals surface area contributed by atoms with Gasteiger partial charge in [0.25, 0.3) is 5.91 Å². The molecule has 2 saturated heterocycles. The van der Waals surface area contributed by atoms with Crippen molar-refractivity contribution < 1.29 is 9.59 Å². The molecule has 0 bridgehead atoms. The molecule has 5 heteroatoms. The lowest BCUT2D eigenvalue weighted by atomic mass is 9.95. The summed E-state index contributed by atoms with van der Waals surface area (Å²) < 4.78 is 0. The second-order valence-electron chi connectivity index (χ2n) is 8.25. The number of hydrogen-bond acceptors (Lipinski definition) is 3. The van der Waals surface area contributed by atoms with E-state index in [1.54, 1.807) is 0 Å². The van der Waals surface area contributed by atoms with Gasteiger partial charge in [-0.2, -0.15) is 0 Å². The van der Waals surface area contributed by atoms with Crippen molar-refractivity contribution in [2.75, 3.05) is 32.7 Å². The van der Waals surface area contributed by atoms with E-state index in [1.165, 1.54) is 12.8 Å². The van der Waals surface area contributed by atoms with Crippen LogP contribution < -0.4 is 5.32 Å². The zero-order valence-electron chi connectivity index (χ0n) is 16.7. The van der Waals surface area contributed by atoms with Crippen LogP contribution in [0.1, 0.15) is 49.9 Å². The Bertz CT molecular complexity index is 618. The molecule has 148 valence electrons. The minimum Gasteiger partial charge on any atom is -0.354 e. The number of hydrogen-bond donors (Lipinski definition) is 1. The van der Waals surface area contributed by atoms with Gasteiger partial charge in [0.2, 0.25) is 5.91 Å². The zero-order valence-corrected chi connectivity index (χ0v) is 16.7. The molecule has 2 aliphatic heterocycles. The Morgan fingerprint density at radius 3 is 2.30 bits per heavy atom. The highest BCUT2D eigenvalue weighted by Crippen LogP contribution is 2.20. The van der Waals surface area contributed by atoms with E-state index in [1.807, 2.05) is 35.2 Å². The van der Waals surface area contributed by atoms with Crippen molar-refractivity contribution >= 4 is 11.8 Å². The summed E-state index contributed by atoms with van der Waals surface area (Å²) in [7, 11) is 0. The van der Waals surface area contributed by atoms with E-state index in [2.05, 4.69) is 24.1 Å². The Balaban J connectivity index is 1.40. The second kappa shape index (κ2) is 9.36. The number of carbonyl (C=O) groups excluding carboxylic acids is 2. The summed E-state index contributed by atoms with van der Waals surface area (Å²) in [5.41, 5.74) is 0.727. The molecule has 1 unspecified atom stereocenters. The molecule has 2 fully saturated rings. The Kier molecular flexibility index (Phi) is 6.89. The topological polar surface area (TPSA) is 52.7 Å². The Hall–Kier alpha value is -1.88. The van der Waals surface area contributed by atoms with Crippen molar-refractivity contribution in [3.8, 4) is 0 Å². The van der Waals surface area contributed by atoms with Gasteiger partial charge in [0.15, 0.2) is 0 Å². The third kappa shape index (κ3) is 5.32. The molecule has 0 aromatic heterocycles. The second-order valence-corrected chi connectivity index (χ2v) is 8.25. The summed E-state index contributed by atoms with van der Waals surface area (Å²) >= 11 is 0. The van der Waals surface area contributed by atoms with E-state index in [-0.39, 0.29) is 17.7 Å². The van der Waals surface area contributed by atoms with Gasteiger partial charge in [-0.15, -0.1) is 0 Å². The van der Waals surface area contributed by atoms with Crippen molar-refractivity contribution in [3.63, 3.8) is 0 Å². The monoisotopic (exact) mass is 371 g/mol. The van der Waals surface area contributed by atoms with Gasteiger partial charge in [-0.1, -0.05) is 25.1 Å². The van der Waals surface area contributed by atoms with Crippen molar-refractivity contribution in [3.05, 3.63) is 35.9 Å². The number of carbonyl (C=O) groups is 2. The van der Waals surface area contributed by atoms with Crippen LogP contribution in [0.15, 0.2) is 30.3 Å². The summed E-state index contributed by atoms with van der Waals surface area (Å²) in [4.78, 5) is 29.4. The highest BCUT2D eigenvalue weighted by Gasteiger charge is 2.28. The molecular weight excluding hydrogens is 338 g/mol. The molecule has 2 aliphatic rings. The molecule has 0 saturated carbocycles. The minimum absolute atomic E-state index is 0.0263. The molecule has 0 radical (unpaired) electrons. The van der Waals surface area contributed by atoms with Gasteiger partial charge >= 0.3 is 0 Å². The molecular formula is C22H33N3O2. The number of benzene rings is 1. The Labute approximate surface area is 163 Å². The molecule has 0 spiro atoms. The minimum atomic E-state index is 0.0263. The Morgan fingerprint density at radius 2 is 1.67 bits per heavy atom. The fourth-order valence-corrected chi connectivity index (χ4v) is 4.10. The molecule has 27 heavy (non-hydrogen) atoms. The first kappa shape index (κ1) is 19.9.